The molecule has 0 aromatic carbocycles. The molecule has 3 nitrogen and oxygen atoms in total. The second kappa shape index (κ2) is 5.56. The Kier molecular flexibility index (Phi) is 4.08. The molecule has 17 heavy (non-hydrogen) atoms. The minimum atomic E-state index is 0.566. The van der Waals surface area contributed by atoms with Crippen LogP contribution in [-0.2, 0) is 0 Å². The fraction of sp³-hybridized carbons (Fsp3) is 0.786. The molecule has 0 bridgehead atoms. The standard InChI is InChI=1S/C14H25N3/c1-3-10-16-13(15-4-2)17-11-14(8-5-9-14)12-6-7-12/h3,12H,1,4-11H2,2H3,(H2,15,16,17). The average Bonchev–Trinajstić information content (AvgIpc) is 3.08. The van der Waals surface area contributed by atoms with Crippen LogP contribution in [-0.4, -0.2) is 25.6 Å². The van der Waals surface area contributed by atoms with Gasteiger partial charge in [0.25, 0.3) is 0 Å². The first-order valence-electron chi connectivity index (χ1n) is 6.94. The normalized spacial score (nSPS) is 22.8. The second-order valence-electron chi connectivity index (χ2n) is 5.35. The van der Waals surface area contributed by atoms with Crippen molar-refractivity contribution in [2.45, 2.75) is 39.0 Å². The Bertz CT molecular complexity index is 288. The van der Waals surface area contributed by atoms with E-state index in [1.807, 2.05) is 6.08 Å². The van der Waals surface area contributed by atoms with Crippen LogP contribution in [0.5, 0.6) is 0 Å². The number of guanidine groups is 1. The summed E-state index contributed by atoms with van der Waals surface area (Å²) >= 11 is 0. The monoisotopic (exact) mass is 235 g/mol. The molecule has 2 saturated carbocycles. The minimum absolute atomic E-state index is 0.566. The summed E-state index contributed by atoms with van der Waals surface area (Å²) in [4.78, 5) is 4.75. The van der Waals surface area contributed by atoms with Gasteiger partial charge >= 0.3 is 0 Å². The molecule has 2 aliphatic carbocycles. The Hall–Kier alpha value is -0.990. The van der Waals surface area contributed by atoms with Gasteiger partial charge in [0, 0.05) is 19.6 Å². The maximum absolute atomic E-state index is 4.75. The van der Waals surface area contributed by atoms with Crippen molar-refractivity contribution in [3.63, 3.8) is 0 Å². The number of hydrogen-bond acceptors (Lipinski definition) is 1. The number of aliphatic imine (C=N–C) groups is 1. The molecule has 96 valence electrons. The van der Waals surface area contributed by atoms with Gasteiger partial charge in [-0.25, -0.2) is 0 Å². The average molecular weight is 235 g/mol. The van der Waals surface area contributed by atoms with Gasteiger partial charge in [0.2, 0.25) is 0 Å². The molecule has 0 aromatic heterocycles. The quantitative estimate of drug-likeness (QED) is 0.421. The van der Waals surface area contributed by atoms with E-state index in [1.54, 1.807) is 0 Å². The lowest BCUT2D eigenvalue weighted by molar-refractivity contribution is 0.113. The Labute approximate surface area is 105 Å². The van der Waals surface area contributed by atoms with Crippen molar-refractivity contribution in [1.29, 1.82) is 0 Å². The van der Waals surface area contributed by atoms with Crippen LogP contribution in [0, 0.1) is 11.3 Å². The van der Waals surface area contributed by atoms with Gasteiger partial charge in [-0.15, -0.1) is 6.58 Å². The Balaban J connectivity index is 1.88. The second-order valence-corrected chi connectivity index (χ2v) is 5.35. The van der Waals surface area contributed by atoms with Crippen molar-refractivity contribution in [1.82, 2.24) is 10.6 Å². The summed E-state index contributed by atoms with van der Waals surface area (Å²) in [7, 11) is 0. The van der Waals surface area contributed by atoms with E-state index in [0.29, 0.717) is 5.41 Å². The maximum atomic E-state index is 4.75. The maximum Gasteiger partial charge on any atom is 0.191 e. The van der Waals surface area contributed by atoms with E-state index in [9.17, 15) is 0 Å². The fourth-order valence-electron chi connectivity index (χ4n) is 2.77. The van der Waals surface area contributed by atoms with Crippen LogP contribution >= 0.6 is 0 Å². The summed E-state index contributed by atoms with van der Waals surface area (Å²) < 4.78 is 0. The first kappa shape index (κ1) is 12.5. The molecule has 0 radical (unpaired) electrons. The lowest BCUT2D eigenvalue weighted by Gasteiger charge is -2.41. The number of nitrogens with zero attached hydrogens (tertiary/aromatic N) is 1. The molecular weight excluding hydrogens is 210 g/mol. The predicted molar refractivity (Wildman–Crippen MR) is 73.2 cm³/mol. The molecular formula is C14H25N3. The van der Waals surface area contributed by atoms with E-state index in [0.717, 1.165) is 31.5 Å². The van der Waals surface area contributed by atoms with E-state index in [2.05, 4.69) is 24.1 Å². The topological polar surface area (TPSA) is 36.4 Å². The van der Waals surface area contributed by atoms with Crippen LogP contribution < -0.4 is 10.6 Å². The SMILES string of the molecule is C=CCNC(=NCC1(C2CC2)CCC1)NCC. The van der Waals surface area contributed by atoms with Crippen molar-refractivity contribution in [2.24, 2.45) is 16.3 Å². The number of rotatable bonds is 6. The Morgan fingerprint density at radius 3 is 2.65 bits per heavy atom. The molecule has 2 aliphatic rings. The highest BCUT2D eigenvalue weighted by Gasteiger charge is 2.48. The van der Waals surface area contributed by atoms with Crippen molar-refractivity contribution in [3.05, 3.63) is 12.7 Å². The van der Waals surface area contributed by atoms with Crippen LogP contribution in [0.15, 0.2) is 17.6 Å². The van der Waals surface area contributed by atoms with E-state index < -0.39 is 0 Å². The number of nitrogens with one attached hydrogen (secondary N) is 2. The Morgan fingerprint density at radius 2 is 2.18 bits per heavy atom. The first-order valence-corrected chi connectivity index (χ1v) is 6.94. The van der Waals surface area contributed by atoms with Gasteiger partial charge in [0.1, 0.15) is 0 Å². The van der Waals surface area contributed by atoms with Gasteiger partial charge < -0.3 is 10.6 Å². The zero-order valence-electron chi connectivity index (χ0n) is 11.0. The van der Waals surface area contributed by atoms with Crippen molar-refractivity contribution in [3.8, 4) is 0 Å². The lowest BCUT2D eigenvalue weighted by Crippen LogP contribution is -2.40. The summed E-state index contributed by atoms with van der Waals surface area (Å²) in [6.45, 7) is 8.52. The minimum Gasteiger partial charge on any atom is -0.357 e. The molecule has 0 heterocycles. The molecule has 0 unspecified atom stereocenters. The summed E-state index contributed by atoms with van der Waals surface area (Å²) in [6, 6.07) is 0. The summed E-state index contributed by atoms with van der Waals surface area (Å²) in [5.74, 6) is 1.92. The number of hydrogen-bond donors (Lipinski definition) is 2. The van der Waals surface area contributed by atoms with Gasteiger partial charge in [-0.1, -0.05) is 12.5 Å². The molecule has 0 aliphatic heterocycles. The molecule has 2 fully saturated rings. The van der Waals surface area contributed by atoms with Crippen LogP contribution in [0.2, 0.25) is 0 Å². The molecule has 3 heteroatoms. The molecule has 2 N–H and O–H groups in total. The third-order valence-electron chi connectivity index (χ3n) is 4.10. The molecule has 0 atom stereocenters. The molecule has 0 saturated heterocycles. The van der Waals surface area contributed by atoms with E-state index in [1.165, 1.54) is 32.1 Å². The zero-order valence-corrected chi connectivity index (χ0v) is 11.0. The molecule has 2 rings (SSSR count). The largest absolute Gasteiger partial charge is 0.357 e. The third-order valence-corrected chi connectivity index (χ3v) is 4.10. The smallest absolute Gasteiger partial charge is 0.191 e. The first-order chi connectivity index (χ1) is 8.30. The molecule has 0 amide bonds. The van der Waals surface area contributed by atoms with Crippen molar-refractivity contribution < 1.29 is 0 Å². The van der Waals surface area contributed by atoms with Gasteiger partial charge in [0.05, 0.1) is 0 Å². The summed E-state index contributed by atoms with van der Waals surface area (Å²) in [5, 5.41) is 6.56. The van der Waals surface area contributed by atoms with Crippen molar-refractivity contribution in [2.75, 3.05) is 19.6 Å². The highest BCUT2D eigenvalue weighted by molar-refractivity contribution is 5.79. The predicted octanol–water partition coefficient (Wildman–Crippen LogP) is 2.31. The van der Waals surface area contributed by atoms with E-state index in [4.69, 9.17) is 4.99 Å². The fourth-order valence-corrected chi connectivity index (χ4v) is 2.77. The zero-order chi connectivity index (χ0) is 12.1. The Morgan fingerprint density at radius 1 is 1.41 bits per heavy atom. The van der Waals surface area contributed by atoms with Crippen LogP contribution in [0.4, 0.5) is 0 Å². The highest BCUT2D eigenvalue weighted by Crippen LogP contribution is 2.57. The summed E-state index contributed by atoms with van der Waals surface area (Å²) in [5.41, 5.74) is 0.566. The molecule has 0 aromatic rings. The van der Waals surface area contributed by atoms with Gasteiger partial charge in [-0.2, -0.15) is 0 Å². The van der Waals surface area contributed by atoms with Gasteiger partial charge in [-0.05, 0) is 43.9 Å². The van der Waals surface area contributed by atoms with E-state index >= 15 is 0 Å². The molecule has 0 spiro atoms. The third kappa shape index (κ3) is 3.02. The lowest BCUT2D eigenvalue weighted by atomic mass is 9.65. The van der Waals surface area contributed by atoms with Crippen LogP contribution in [0.25, 0.3) is 0 Å². The van der Waals surface area contributed by atoms with Crippen LogP contribution in [0.3, 0.4) is 0 Å². The van der Waals surface area contributed by atoms with Crippen molar-refractivity contribution >= 4 is 5.96 Å². The highest BCUT2D eigenvalue weighted by atomic mass is 15.2. The summed E-state index contributed by atoms with van der Waals surface area (Å²) in [6.07, 6.45) is 8.93. The van der Waals surface area contributed by atoms with E-state index in [-0.39, 0.29) is 0 Å². The van der Waals surface area contributed by atoms with Gasteiger partial charge in [-0.3, -0.25) is 4.99 Å². The van der Waals surface area contributed by atoms with Crippen LogP contribution in [0.1, 0.15) is 39.0 Å². The van der Waals surface area contributed by atoms with Gasteiger partial charge in [0.15, 0.2) is 5.96 Å².